The van der Waals surface area contributed by atoms with Gasteiger partial charge in [-0.1, -0.05) is 29.6 Å². The number of nitrogens with zero attached hydrogens (tertiary/aromatic N) is 3. The molecule has 7 heteroatoms. The average Bonchev–Trinajstić information content (AvgIpc) is 3.01. The van der Waals surface area contributed by atoms with Crippen LogP contribution < -0.4 is 4.74 Å². The summed E-state index contributed by atoms with van der Waals surface area (Å²) >= 11 is 5.87. The van der Waals surface area contributed by atoms with Crippen molar-refractivity contribution >= 4 is 17.5 Å². The lowest BCUT2D eigenvalue weighted by molar-refractivity contribution is -0.140. The summed E-state index contributed by atoms with van der Waals surface area (Å²) in [5, 5.41) is 4.56. The minimum absolute atomic E-state index is 0.0679. The van der Waals surface area contributed by atoms with Crippen molar-refractivity contribution in [3.05, 3.63) is 41.5 Å². The van der Waals surface area contributed by atoms with Crippen LogP contribution in [0.3, 0.4) is 0 Å². The van der Waals surface area contributed by atoms with E-state index in [4.69, 9.17) is 20.9 Å². The molecular weight excluding hydrogens is 330 g/mol. The van der Waals surface area contributed by atoms with Gasteiger partial charge >= 0.3 is 0 Å². The lowest BCUT2D eigenvalue weighted by Gasteiger charge is -2.30. The molecule has 0 bridgehead atoms. The number of hydrogen-bond acceptors (Lipinski definition) is 5. The highest BCUT2D eigenvalue weighted by Crippen LogP contribution is 2.29. The van der Waals surface area contributed by atoms with Crippen LogP contribution >= 0.6 is 11.6 Å². The molecule has 0 aliphatic carbocycles. The van der Waals surface area contributed by atoms with Gasteiger partial charge < -0.3 is 14.2 Å². The fraction of sp³-hybridized carbons (Fsp3) is 0.471. The van der Waals surface area contributed by atoms with E-state index >= 15 is 0 Å². The Hall–Kier alpha value is -2.08. The zero-order chi connectivity index (χ0) is 16.9. The summed E-state index contributed by atoms with van der Waals surface area (Å²) in [6.45, 7) is 2.43. The number of hydrogen-bond donors (Lipinski definition) is 0. The number of likely N-dealkylation sites (tertiary alicyclic amines) is 1. The highest BCUT2D eigenvalue weighted by Gasteiger charge is 2.32. The smallest absolute Gasteiger partial charge is 0.263 e. The van der Waals surface area contributed by atoms with E-state index in [1.165, 1.54) is 6.39 Å². The van der Waals surface area contributed by atoms with Gasteiger partial charge in [-0.3, -0.25) is 4.79 Å². The largest absolute Gasteiger partial charge is 0.481 e. The van der Waals surface area contributed by atoms with E-state index in [1.807, 2.05) is 4.90 Å². The Morgan fingerprint density at radius 2 is 2.12 bits per heavy atom. The van der Waals surface area contributed by atoms with Crippen molar-refractivity contribution in [2.24, 2.45) is 0 Å². The van der Waals surface area contributed by atoms with Gasteiger partial charge in [0.2, 0.25) is 6.39 Å². The first kappa shape index (κ1) is 16.8. The fourth-order valence-corrected chi connectivity index (χ4v) is 3.09. The number of rotatable bonds is 4. The summed E-state index contributed by atoms with van der Waals surface area (Å²) in [5.74, 6) is 1.11. The van der Waals surface area contributed by atoms with Crippen LogP contribution in [0.2, 0.25) is 5.02 Å². The summed E-state index contributed by atoms with van der Waals surface area (Å²) < 4.78 is 10.6. The molecule has 1 saturated heterocycles. The molecule has 0 N–H and O–H groups in total. The maximum absolute atomic E-state index is 12.9. The minimum Gasteiger partial charge on any atom is -0.481 e. The van der Waals surface area contributed by atoms with E-state index in [9.17, 15) is 4.79 Å². The zero-order valence-electron chi connectivity index (χ0n) is 13.5. The topological polar surface area (TPSA) is 68.5 Å². The molecule has 6 nitrogen and oxygen atoms in total. The minimum atomic E-state index is -0.598. The molecule has 2 heterocycles. The second kappa shape index (κ2) is 7.66. The van der Waals surface area contributed by atoms with Crippen LogP contribution in [0.25, 0.3) is 0 Å². The van der Waals surface area contributed by atoms with Crippen molar-refractivity contribution in [1.29, 1.82) is 0 Å². The van der Waals surface area contributed by atoms with Gasteiger partial charge in [0.05, 0.1) is 6.04 Å². The molecule has 0 spiro atoms. The van der Waals surface area contributed by atoms with Gasteiger partial charge in [0.1, 0.15) is 5.75 Å². The second-order valence-corrected chi connectivity index (χ2v) is 6.34. The maximum Gasteiger partial charge on any atom is 0.263 e. The summed E-state index contributed by atoms with van der Waals surface area (Å²) in [6.07, 6.45) is 4.63. The third kappa shape index (κ3) is 3.87. The van der Waals surface area contributed by atoms with Gasteiger partial charge in [0, 0.05) is 11.6 Å². The highest BCUT2D eigenvalue weighted by atomic mass is 35.5. The number of amides is 1. The van der Waals surface area contributed by atoms with Crippen LogP contribution in [0.15, 0.2) is 35.2 Å². The average molecular weight is 350 g/mol. The Morgan fingerprint density at radius 1 is 1.33 bits per heavy atom. The zero-order valence-corrected chi connectivity index (χ0v) is 14.3. The van der Waals surface area contributed by atoms with Crippen LogP contribution in [0, 0.1) is 0 Å². The molecule has 1 fully saturated rings. The summed E-state index contributed by atoms with van der Waals surface area (Å²) in [4.78, 5) is 18.9. The molecule has 0 radical (unpaired) electrons. The van der Waals surface area contributed by atoms with E-state index in [2.05, 4.69) is 10.1 Å². The number of carbonyl (C=O) groups excluding carboxylic acids is 1. The first-order chi connectivity index (χ1) is 11.6. The number of ether oxygens (including phenoxy) is 1. The summed E-state index contributed by atoms with van der Waals surface area (Å²) in [6, 6.07) is 6.83. The van der Waals surface area contributed by atoms with Gasteiger partial charge in [0.15, 0.2) is 11.9 Å². The highest BCUT2D eigenvalue weighted by molar-refractivity contribution is 6.30. The van der Waals surface area contributed by atoms with Crippen LogP contribution in [-0.4, -0.2) is 33.6 Å². The van der Waals surface area contributed by atoms with Crippen molar-refractivity contribution in [2.75, 3.05) is 6.54 Å². The molecule has 1 amide bonds. The van der Waals surface area contributed by atoms with Crippen LogP contribution in [0.1, 0.15) is 44.5 Å². The molecule has 1 aromatic carbocycles. The van der Waals surface area contributed by atoms with Gasteiger partial charge in [-0.25, -0.2) is 0 Å². The summed E-state index contributed by atoms with van der Waals surface area (Å²) in [5.41, 5.74) is 0. The Labute approximate surface area is 145 Å². The Balaban J connectivity index is 1.73. The lowest BCUT2D eigenvalue weighted by Crippen LogP contribution is -2.43. The predicted octanol–water partition coefficient (Wildman–Crippen LogP) is 3.63. The van der Waals surface area contributed by atoms with E-state index in [-0.39, 0.29) is 11.9 Å². The first-order valence-corrected chi connectivity index (χ1v) is 8.52. The quantitative estimate of drug-likeness (QED) is 0.843. The standard InChI is InChI=1S/C17H20ClN3O3/c1-12(24-14-8-6-13(18)7-9-14)17(22)21-10-4-2-3-5-15(21)16-19-11-23-20-16/h6-9,11-12,15H,2-5,10H2,1H3/t12-,15-/m0/s1. The molecule has 0 saturated carbocycles. The number of carbonyl (C=O) groups is 1. The Bertz CT molecular complexity index is 660. The van der Waals surface area contributed by atoms with E-state index < -0.39 is 6.10 Å². The van der Waals surface area contributed by atoms with Gasteiger partial charge in [-0.05, 0) is 44.0 Å². The van der Waals surface area contributed by atoms with Crippen LogP contribution in [0.4, 0.5) is 0 Å². The van der Waals surface area contributed by atoms with E-state index in [0.717, 1.165) is 25.7 Å². The third-order valence-corrected chi connectivity index (χ3v) is 4.44. The lowest BCUT2D eigenvalue weighted by atomic mass is 10.1. The predicted molar refractivity (Wildman–Crippen MR) is 88.8 cm³/mol. The molecular formula is C17H20ClN3O3. The Morgan fingerprint density at radius 3 is 2.83 bits per heavy atom. The Kier molecular flexibility index (Phi) is 5.35. The SMILES string of the molecule is C[C@H](Oc1ccc(Cl)cc1)C(=O)N1CCCCC[C@H]1c1ncon1. The number of aromatic nitrogens is 2. The fourth-order valence-electron chi connectivity index (χ4n) is 2.97. The van der Waals surface area contributed by atoms with Crippen molar-refractivity contribution < 1.29 is 14.1 Å². The number of benzene rings is 1. The molecule has 2 aromatic rings. The third-order valence-electron chi connectivity index (χ3n) is 4.19. The monoisotopic (exact) mass is 349 g/mol. The summed E-state index contributed by atoms with van der Waals surface area (Å²) in [7, 11) is 0. The van der Waals surface area contributed by atoms with Crippen LogP contribution in [0.5, 0.6) is 5.75 Å². The molecule has 3 rings (SSSR count). The van der Waals surface area contributed by atoms with Crippen molar-refractivity contribution in [1.82, 2.24) is 15.0 Å². The van der Waals surface area contributed by atoms with Gasteiger partial charge in [-0.15, -0.1) is 0 Å². The second-order valence-electron chi connectivity index (χ2n) is 5.90. The molecule has 1 aliphatic heterocycles. The first-order valence-electron chi connectivity index (χ1n) is 8.14. The van der Waals surface area contributed by atoms with Crippen molar-refractivity contribution in [3.63, 3.8) is 0 Å². The molecule has 2 atom stereocenters. The molecule has 1 aliphatic rings. The van der Waals surface area contributed by atoms with Gasteiger partial charge in [0.25, 0.3) is 5.91 Å². The molecule has 128 valence electrons. The van der Waals surface area contributed by atoms with E-state index in [1.54, 1.807) is 31.2 Å². The van der Waals surface area contributed by atoms with E-state index in [0.29, 0.717) is 23.1 Å². The number of halogens is 1. The maximum atomic E-state index is 12.9. The molecule has 24 heavy (non-hydrogen) atoms. The normalized spacial score (nSPS) is 19.6. The molecule has 1 aromatic heterocycles. The van der Waals surface area contributed by atoms with Crippen LogP contribution in [-0.2, 0) is 4.79 Å². The molecule has 0 unspecified atom stereocenters. The van der Waals surface area contributed by atoms with Crippen molar-refractivity contribution in [2.45, 2.75) is 44.8 Å². The van der Waals surface area contributed by atoms with Crippen molar-refractivity contribution in [3.8, 4) is 5.75 Å². The van der Waals surface area contributed by atoms with Gasteiger partial charge in [-0.2, -0.15) is 4.98 Å².